The predicted octanol–water partition coefficient (Wildman–Crippen LogP) is 2.54. The molecule has 0 bridgehead atoms. The zero-order valence-corrected chi connectivity index (χ0v) is 10.3. The zero-order valence-electron chi connectivity index (χ0n) is 10.3. The Bertz CT molecular complexity index is 516. The number of halogens is 3. The molecule has 0 aliphatic heterocycles. The molecular formula is C12H13F3N2O2. The molecule has 4 nitrogen and oxygen atoms in total. The average molecular weight is 274 g/mol. The predicted molar refractivity (Wildman–Crippen MR) is 59.6 cm³/mol. The first kappa shape index (κ1) is 13.8. The molecule has 19 heavy (non-hydrogen) atoms. The molecule has 0 saturated heterocycles. The van der Waals surface area contributed by atoms with Gasteiger partial charge in [0, 0.05) is 11.6 Å². The minimum absolute atomic E-state index is 0.126. The van der Waals surface area contributed by atoms with Crippen molar-refractivity contribution in [2.24, 2.45) is 5.92 Å². The molecule has 1 aromatic heterocycles. The molecule has 1 aliphatic rings. The van der Waals surface area contributed by atoms with Gasteiger partial charge in [0.2, 0.25) is 0 Å². The van der Waals surface area contributed by atoms with Crippen molar-refractivity contribution in [1.29, 1.82) is 0 Å². The normalized spacial score (nSPS) is 15.6. The second kappa shape index (κ2) is 4.79. The molecule has 0 aromatic carbocycles. The molecule has 0 radical (unpaired) electrons. The number of rotatable bonds is 5. The first-order chi connectivity index (χ1) is 8.84. The van der Waals surface area contributed by atoms with E-state index >= 15 is 0 Å². The standard InChI is InChI=1S/C12H13F3N2O2/c1-2-7-10(11(17-16-7)12(13,14)15)9(19)5-8(18)6-3-4-6/h6H,2-5H2,1H3,(H,16,17). The van der Waals surface area contributed by atoms with Crippen LogP contribution in [0.3, 0.4) is 0 Å². The van der Waals surface area contributed by atoms with Gasteiger partial charge in [-0.1, -0.05) is 6.92 Å². The molecule has 1 N–H and O–H groups in total. The van der Waals surface area contributed by atoms with Gasteiger partial charge in [-0.25, -0.2) is 0 Å². The van der Waals surface area contributed by atoms with Crippen LogP contribution >= 0.6 is 0 Å². The molecule has 104 valence electrons. The minimum atomic E-state index is -4.70. The molecule has 0 amide bonds. The summed E-state index contributed by atoms with van der Waals surface area (Å²) in [4.78, 5) is 23.5. The molecule has 7 heteroatoms. The number of carbonyl (C=O) groups is 2. The van der Waals surface area contributed by atoms with E-state index < -0.39 is 29.6 Å². The lowest BCUT2D eigenvalue weighted by Crippen LogP contribution is -2.16. The molecule has 0 spiro atoms. The number of hydrogen-bond donors (Lipinski definition) is 1. The largest absolute Gasteiger partial charge is 0.435 e. The van der Waals surface area contributed by atoms with Crippen LogP contribution in [0.25, 0.3) is 0 Å². The summed E-state index contributed by atoms with van der Waals surface area (Å²) in [6.07, 6.45) is -3.49. The first-order valence-electron chi connectivity index (χ1n) is 6.05. The second-order valence-corrected chi connectivity index (χ2v) is 4.62. The van der Waals surface area contributed by atoms with Crippen molar-refractivity contribution in [1.82, 2.24) is 10.2 Å². The number of H-pyrrole nitrogens is 1. The summed E-state index contributed by atoms with van der Waals surface area (Å²) in [5, 5.41) is 5.39. The lowest BCUT2D eigenvalue weighted by atomic mass is 10.0. The monoisotopic (exact) mass is 274 g/mol. The van der Waals surface area contributed by atoms with E-state index in [2.05, 4.69) is 10.2 Å². The highest BCUT2D eigenvalue weighted by Gasteiger charge is 2.41. The van der Waals surface area contributed by atoms with Crippen LogP contribution in [0.5, 0.6) is 0 Å². The Kier molecular flexibility index (Phi) is 3.47. The lowest BCUT2D eigenvalue weighted by Gasteiger charge is -2.06. The Morgan fingerprint density at radius 3 is 2.47 bits per heavy atom. The number of carbonyl (C=O) groups excluding carboxylic acids is 2. The molecule has 0 unspecified atom stereocenters. The van der Waals surface area contributed by atoms with Crippen molar-refractivity contribution in [3.05, 3.63) is 17.0 Å². The lowest BCUT2D eigenvalue weighted by molar-refractivity contribution is -0.141. The van der Waals surface area contributed by atoms with Crippen molar-refractivity contribution >= 4 is 11.6 Å². The summed E-state index contributed by atoms with van der Waals surface area (Å²) in [5.74, 6) is -1.22. The fraction of sp³-hybridized carbons (Fsp3) is 0.583. The van der Waals surface area contributed by atoms with Crippen LogP contribution in [0.2, 0.25) is 0 Å². The molecule has 0 atom stereocenters. The Morgan fingerprint density at radius 2 is 2.00 bits per heavy atom. The number of ketones is 2. The van der Waals surface area contributed by atoms with Crippen LogP contribution < -0.4 is 0 Å². The van der Waals surface area contributed by atoms with E-state index in [1.54, 1.807) is 6.92 Å². The van der Waals surface area contributed by atoms with E-state index in [4.69, 9.17) is 0 Å². The molecule has 1 fully saturated rings. The van der Waals surface area contributed by atoms with Gasteiger partial charge in [-0.2, -0.15) is 18.3 Å². The number of aromatic amines is 1. The number of aryl methyl sites for hydroxylation is 1. The Hall–Kier alpha value is -1.66. The van der Waals surface area contributed by atoms with Crippen molar-refractivity contribution in [3.63, 3.8) is 0 Å². The van der Waals surface area contributed by atoms with Gasteiger partial charge in [-0.15, -0.1) is 0 Å². The maximum atomic E-state index is 12.7. The third-order valence-electron chi connectivity index (χ3n) is 3.11. The van der Waals surface area contributed by atoms with E-state index in [9.17, 15) is 22.8 Å². The van der Waals surface area contributed by atoms with Crippen LogP contribution in [0, 0.1) is 5.92 Å². The zero-order chi connectivity index (χ0) is 14.2. The molecule has 1 saturated carbocycles. The number of nitrogens with zero attached hydrogens (tertiary/aromatic N) is 1. The van der Waals surface area contributed by atoms with Gasteiger partial charge < -0.3 is 0 Å². The molecular weight excluding hydrogens is 261 g/mol. The highest BCUT2D eigenvalue weighted by molar-refractivity contribution is 6.10. The van der Waals surface area contributed by atoms with Gasteiger partial charge in [0.05, 0.1) is 12.0 Å². The number of Topliss-reactive ketones (excluding diaryl/α,β-unsaturated/α-hetero) is 2. The molecule has 1 aromatic rings. The maximum Gasteiger partial charge on any atom is 0.435 e. The topological polar surface area (TPSA) is 62.8 Å². The second-order valence-electron chi connectivity index (χ2n) is 4.62. The summed E-state index contributed by atoms with van der Waals surface area (Å²) in [7, 11) is 0. The van der Waals surface area contributed by atoms with E-state index in [1.165, 1.54) is 0 Å². The fourth-order valence-electron chi connectivity index (χ4n) is 1.94. The van der Waals surface area contributed by atoms with E-state index in [1.807, 2.05) is 0 Å². The molecule has 1 aliphatic carbocycles. The van der Waals surface area contributed by atoms with Crippen LogP contribution in [-0.4, -0.2) is 21.8 Å². The van der Waals surface area contributed by atoms with E-state index in [0.717, 1.165) is 12.8 Å². The van der Waals surface area contributed by atoms with Crippen molar-refractivity contribution in [2.75, 3.05) is 0 Å². The minimum Gasteiger partial charge on any atom is -0.299 e. The van der Waals surface area contributed by atoms with Crippen molar-refractivity contribution in [3.8, 4) is 0 Å². The molecule has 1 heterocycles. The van der Waals surface area contributed by atoms with Crippen molar-refractivity contribution < 1.29 is 22.8 Å². The average Bonchev–Trinajstić information content (AvgIpc) is 3.05. The van der Waals surface area contributed by atoms with Crippen molar-refractivity contribution in [2.45, 2.75) is 38.8 Å². The Labute approximate surface area is 107 Å². The smallest absolute Gasteiger partial charge is 0.299 e. The van der Waals surface area contributed by atoms with E-state index in [0.29, 0.717) is 0 Å². The summed E-state index contributed by atoms with van der Waals surface area (Å²) in [6.45, 7) is 1.62. The van der Waals surface area contributed by atoms with Crippen LogP contribution in [0.15, 0.2) is 0 Å². The SMILES string of the molecule is CCc1[nH]nc(C(F)(F)F)c1C(=O)CC(=O)C1CC1. The van der Waals surface area contributed by atoms with Gasteiger partial charge in [0.25, 0.3) is 0 Å². The third-order valence-corrected chi connectivity index (χ3v) is 3.11. The number of nitrogens with one attached hydrogen (secondary N) is 1. The first-order valence-corrected chi connectivity index (χ1v) is 6.05. The molecule has 2 rings (SSSR count). The van der Waals surface area contributed by atoms with Crippen LogP contribution in [0.4, 0.5) is 13.2 Å². The summed E-state index contributed by atoms with van der Waals surface area (Å²) in [6, 6.07) is 0. The number of aromatic nitrogens is 2. The maximum absolute atomic E-state index is 12.7. The van der Waals surface area contributed by atoms with Gasteiger partial charge in [0.15, 0.2) is 11.5 Å². The Balaban J connectivity index is 2.28. The van der Waals surface area contributed by atoms with Crippen LogP contribution in [0.1, 0.15) is 47.9 Å². The number of alkyl halides is 3. The van der Waals surface area contributed by atoms with E-state index in [-0.39, 0.29) is 23.8 Å². The fourth-order valence-corrected chi connectivity index (χ4v) is 1.94. The van der Waals surface area contributed by atoms with Gasteiger partial charge in [0.1, 0.15) is 5.78 Å². The van der Waals surface area contributed by atoms with Crippen LogP contribution in [-0.2, 0) is 17.4 Å². The third kappa shape index (κ3) is 2.85. The van der Waals surface area contributed by atoms with Gasteiger partial charge in [-0.05, 0) is 19.3 Å². The summed E-state index contributed by atoms with van der Waals surface area (Å²) in [5.41, 5.74) is -1.58. The quantitative estimate of drug-likeness (QED) is 0.663. The highest BCUT2D eigenvalue weighted by atomic mass is 19.4. The Morgan fingerprint density at radius 1 is 1.37 bits per heavy atom. The summed E-state index contributed by atoms with van der Waals surface area (Å²) >= 11 is 0. The number of hydrogen-bond acceptors (Lipinski definition) is 3. The highest BCUT2D eigenvalue weighted by Crippen LogP contribution is 2.34. The van der Waals surface area contributed by atoms with Gasteiger partial charge in [-0.3, -0.25) is 14.7 Å². The summed E-state index contributed by atoms with van der Waals surface area (Å²) < 4.78 is 38.2. The van der Waals surface area contributed by atoms with Gasteiger partial charge >= 0.3 is 6.18 Å².